The second kappa shape index (κ2) is 4.26. The summed E-state index contributed by atoms with van der Waals surface area (Å²) < 4.78 is 1.14. The van der Waals surface area contributed by atoms with Crippen molar-refractivity contribution in [3.63, 3.8) is 0 Å². The molecule has 0 heterocycles. The number of hydrogen-bond donors (Lipinski definition) is 0. The number of benzene rings is 2. The molecular formula is C10H9BrMg. The van der Waals surface area contributed by atoms with Crippen molar-refractivity contribution in [2.45, 2.75) is 0 Å². The zero-order valence-corrected chi connectivity index (χ0v) is 9.63. The molecule has 0 aromatic heterocycles. The van der Waals surface area contributed by atoms with Crippen LogP contribution in [0.2, 0.25) is 0 Å². The van der Waals surface area contributed by atoms with Crippen LogP contribution >= 0.6 is 15.9 Å². The molecule has 0 spiro atoms. The van der Waals surface area contributed by atoms with Crippen molar-refractivity contribution < 1.29 is 2.85 Å². The smallest absolute Gasteiger partial charge is 1.00 e. The van der Waals surface area contributed by atoms with Crippen molar-refractivity contribution in [1.29, 1.82) is 0 Å². The minimum Gasteiger partial charge on any atom is -1.00 e. The van der Waals surface area contributed by atoms with Crippen molar-refractivity contribution in [2.75, 3.05) is 0 Å². The molecule has 2 aromatic rings. The third kappa shape index (κ3) is 2.00. The van der Waals surface area contributed by atoms with Gasteiger partial charge in [-0.25, -0.2) is 0 Å². The first-order valence-electron chi connectivity index (χ1n) is 3.50. The Hall–Kier alpha value is -0.0538. The predicted molar refractivity (Wildman–Crippen MR) is 59.6 cm³/mol. The zero-order chi connectivity index (χ0) is 7.68. The second-order valence-electron chi connectivity index (χ2n) is 2.49. The van der Waals surface area contributed by atoms with Gasteiger partial charge in [-0.15, -0.1) is 0 Å². The summed E-state index contributed by atoms with van der Waals surface area (Å²) in [5, 5.41) is 2.57. The maximum atomic E-state index is 3.43. The van der Waals surface area contributed by atoms with Crippen LogP contribution < -0.4 is 0 Å². The second-order valence-corrected chi connectivity index (χ2v) is 3.41. The van der Waals surface area contributed by atoms with Crippen LogP contribution in [0.25, 0.3) is 10.8 Å². The molecule has 2 rings (SSSR count). The standard InChI is InChI=1S/C10H7Br.Mg.2H/c11-10-6-5-8-3-1-2-4-9(8)7-10;;;/h1-7H;;;/q;+2;2*-1. The molecule has 0 aliphatic carbocycles. The molecule has 0 radical (unpaired) electrons. The van der Waals surface area contributed by atoms with Gasteiger partial charge in [-0.1, -0.05) is 46.3 Å². The first kappa shape index (κ1) is 10.0. The summed E-state index contributed by atoms with van der Waals surface area (Å²) in [6.07, 6.45) is 0. The van der Waals surface area contributed by atoms with Gasteiger partial charge in [0.05, 0.1) is 0 Å². The molecule has 0 N–H and O–H groups in total. The minimum absolute atomic E-state index is 0. The summed E-state index contributed by atoms with van der Waals surface area (Å²) in [5.41, 5.74) is 0. The average Bonchev–Trinajstić information content (AvgIpc) is 2.04. The number of rotatable bonds is 0. The molecule has 0 aliphatic heterocycles. The topological polar surface area (TPSA) is 0 Å². The van der Waals surface area contributed by atoms with Gasteiger partial charge in [-0.2, -0.15) is 0 Å². The summed E-state index contributed by atoms with van der Waals surface area (Å²) in [7, 11) is 0. The van der Waals surface area contributed by atoms with Gasteiger partial charge in [-0.05, 0) is 22.9 Å². The van der Waals surface area contributed by atoms with E-state index < -0.39 is 0 Å². The van der Waals surface area contributed by atoms with Gasteiger partial charge >= 0.3 is 23.1 Å². The Bertz CT molecular complexity index is 393. The Balaban J connectivity index is 0. The fraction of sp³-hybridized carbons (Fsp3) is 0. The Morgan fingerprint density at radius 2 is 1.58 bits per heavy atom. The van der Waals surface area contributed by atoms with E-state index in [2.05, 4.69) is 58.4 Å². The van der Waals surface area contributed by atoms with Crippen LogP contribution in [0, 0.1) is 0 Å². The molecule has 0 unspecified atom stereocenters. The van der Waals surface area contributed by atoms with Crippen LogP contribution in [0.3, 0.4) is 0 Å². The van der Waals surface area contributed by atoms with E-state index in [0.717, 1.165) is 4.47 Å². The van der Waals surface area contributed by atoms with Gasteiger partial charge in [0.1, 0.15) is 0 Å². The number of fused-ring (bicyclic) bond motifs is 1. The maximum absolute atomic E-state index is 3.43. The van der Waals surface area contributed by atoms with Crippen LogP contribution in [0.5, 0.6) is 0 Å². The van der Waals surface area contributed by atoms with E-state index in [9.17, 15) is 0 Å². The molecule has 0 bridgehead atoms. The largest absolute Gasteiger partial charge is 2.00 e. The van der Waals surface area contributed by atoms with Crippen LogP contribution in [0.4, 0.5) is 0 Å². The van der Waals surface area contributed by atoms with E-state index in [1.807, 2.05) is 0 Å². The summed E-state index contributed by atoms with van der Waals surface area (Å²) in [4.78, 5) is 0. The SMILES string of the molecule is Brc1ccc2ccccc2c1.[H-].[H-].[Mg+2]. The van der Waals surface area contributed by atoms with Crippen LogP contribution in [-0.2, 0) is 0 Å². The maximum Gasteiger partial charge on any atom is 2.00 e. The quantitative estimate of drug-likeness (QED) is 0.611. The first-order chi connectivity index (χ1) is 5.36. The van der Waals surface area contributed by atoms with Gasteiger partial charge in [0.2, 0.25) is 0 Å². The van der Waals surface area contributed by atoms with E-state index in [1.54, 1.807) is 0 Å². The number of hydrogen-bond acceptors (Lipinski definition) is 0. The molecule has 58 valence electrons. The van der Waals surface area contributed by atoms with Gasteiger partial charge in [0.15, 0.2) is 0 Å². The Kier molecular flexibility index (Phi) is 3.56. The fourth-order valence-corrected chi connectivity index (χ4v) is 1.54. The third-order valence-corrected chi connectivity index (χ3v) is 2.20. The Labute approximate surface area is 99.2 Å². The van der Waals surface area contributed by atoms with E-state index in [4.69, 9.17) is 0 Å². The molecule has 2 heteroatoms. The Morgan fingerprint density at radius 3 is 2.33 bits per heavy atom. The summed E-state index contributed by atoms with van der Waals surface area (Å²) in [5.74, 6) is 0. The molecule has 0 aliphatic rings. The van der Waals surface area contributed by atoms with Crippen molar-refractivity contribution in [3.8, 4) is 0 Å². The molecule has 0 atom stereocenters. The number of halogens is 1. The molecule has 0 fully saturated rings. The first-order valence-corrected chi connectivity index (χ1v) is 4.30. The van der Waals surface area contributed by atoms with Crippen LogP contribution in [-0.4, -0.2) is 23.1 Å². The van der Waals surface area contributed by atoms with Crippen molar-refractivity contribution in [2.24, 2.45) is 0 Å². The van der Waals surface area contributed by atoms with Gasteiger partial charge < -0.3 is 2.85 Å². The van der Waals surface area contributed by atoms with Crippen molar-refractivity contribution in [1.82, 2.24) is 0 Å². The molecule has 2 aromatic carbocycles. The molecule has 0 saturated carbocycles. The van der Waals surface area contributed by atoms with E-state index in [0.29, 0.717) is 0 Å². The van der Waals surface area contributed by atoms with Crippen LogP contribution in [0.1, 0.15) is 2.85 Å². The summed E-state index contributed by atoms with van der Waals surface area (Å²) in [6, 6.07) is 14.6. The van der Waals surface area contributed by atoms with Gasteiger partial charge in [0.25, 0.3) is 0 Å². The summed E-state index contributed by atoms with van der Waals surface area (Å²) >= 11 is 3.43. The molecule has 0 amide bonds. The van der Waals surface area contributed by atoms with Crippen LogP contribution in [0.15, 0.2) is 46.9 Å². The summed E-state index contributed by atoms with van der Waals surface area (Å²) in [6.45, 7) is 0. The van der Waals surface area contributed by atoms with E-state index >= 15 is 0 Å². The molecule has 0 nitrogen and oxygen atoms in total. The minimum atomic E-state index is 0. The Morgan fingerprint density at radius 1 is 0.917 bits per heavy atom. The molecule has 12 heavy (non-hydrogen) atoms. The monoisotopic (exact) mass is 232 g/mol. The third-order valence-electron chi connectivity index (χ3n) is 1.71. The molecular weight excluding hydrogens is 224 g/mol. The van der Waals surface area contributed by atoms with Crippen molar-refractivity contribution in [3.05, 3.63) is 46.9 Å². The zero-order valence-electron chi connectivity index (χ0n) is 8.63. The molecule has 0 saturated heterocycles. The van der Waals surface area contributed by atoms with Gasteiger partial charge in [-0.3, -0.25) is 0 Å². The normalized spacial score (nSPS) is 9.42. The van der Waals surface area contributed by atoms with E-state index in [-0.39, 0.29) is 25.9 Å². The fourth-order valence-electron chi connectivity index (χ4n) is 1.16. The average molecular weight is 233 g/mol. The van der Waals surface area contributed by atoms with Crippen molar-refractivity contribution >= 4 is 49.8 Å². The van der Waals surface area contributed by atoms with Gasteiger partial charge in [0, 0.05) is 4.47 Å². The van der Waals surface area contributed by atoms with E-state index in [1.165, 1.54) is 10.8 Å². The predicted octanol–water partition coefficient (Wildman–Crippen LogP) is 3.45.